The summed E-state index contributed by atoms with van der Waals surface area (Å²) in [5.74, 6) is -1.52. The van der Waals surface area contributed by atoms with Gasteiger partial charge in [-0.05, 0) is 56.8 Å². The van der Waals surface area contributed by atoms with Crippen molar-refractivity contribution in [2.75, 3.05) is 19.6 Å². The molecule has 0 radical (unpaired) electrons. The Hall–Kier alpha value is -2.55. The molecule has 9 heteroatoms. The predicted octanol–water partition coefficient (Wildman–Crippen LogP) is 3.84. The van der Waals surface area contributed by atoms with Crippen molar-refractivity contribution in [3.05, 3.63) is 35.7 Å². The zero-order valence-corrected chi connectivity index (χ0v) is 15.1. The zero-order chi connectivity index (χ0) is 19.7. The van der Waals surface area contributed by atoms with Crippen LogP contribution in [0.1, 0.15) is 41.9 Å². The monoisotopic (exact) mass is 392 g/mol. The summed E-state index contributed by atoms with van der Waals surface area (Å²) in [4.78, 5) is 22.6. The number of aromatic nitrogens is 2. The van der Waals surface area contributed by atoms with Crippen molar-refractivity contribution in [3.63, 3.8) is 0 Å². The normalized spacial score (nSPS) is 18.6. The van der Waals surface area contributed by atoms with Gasteiger partial charge in [-0.25, -0.2) is 4.99 Å². The standard InChI is InChI=1S/C19H19F3N4O2/c20-19(21,22)18-24-16(25-28-18)13-5-7-14(8-6-13)17(27)23-15(12-3-4-12)11-26-9-1-2-10-26/h5-8,12H,1-4,9-11H2. The molecule has 0 unspecified atom stereocenters. The van der Waals surface area contributed by atoms with E-state index in [1.165, 1.54) is 37.1 Å². The largest absolute Gasteiger partial charge is 0.471 e. The molecule has 1 aliphatic heterocycles. The predicted molar refractivity (Wildman–Crippen MR) is 94.9 cm³/mol. The van der Waals surface area contributed by atoms with E-state index >= 15 is 0 Å². The van der Waals surface area contributed by atoms with Gasteiger partial charge in [0.15, 0.2) is 0 Å². The lowest BCUT2D eigenvalue weighted by Crippen LogP contribution is -2.28. The Labute approximate surface area is 159 Å². The maximum Gasteiger partial charge on any atom is 0.471 e. The van der Waals surface area contributed by atoms with Gasteiger partial charge >= 0.3 is 12.1 Å². The van der Waals surface area contributed by atoms with Gasteiger partial charge in [0.25, 0.3) is 5.91 Å². The van der Waals surface area contributed by atoms with Crippen LogP contribution in [0.5, 0.6) is 0 Å². The van der Waals surface area contributed by atoms with Crippen molar-refractivity contribution in [2.45, 2.75) is 31.9 Å². The average Bonchev–Trinajstić information content (AvgIpc) is 3.16. The van der Waals surface area contributed by atoms with E-state index in [-0.39, 0.29) is 11.7 Å². The van der Waals surface area contributed by atoms with E-state index in [0.717, 1.165) is 38.2 Å². The Morgan fingerprint density at radius 1 is 1.18 bits per heavy atom. The number of halogens is 3. The molecule has 0 bridgehead atoms. The first-order chi connectivity index (χ1) is 13.4. The zero-order valence-electron chi connectivity index (χ0n) is 15.1. The number of amides is 1. The summed E-state index contributed by atoms with van der Waals surface area (Å²) in [6, 6.07) is 6.02. The van der Waals surface area contributed by atoms with Crippen molar-refractivity contribution in [3.8, 4) is 11.4 Å². The molecule has 0 N–H and O–H groups in total. The highest BCUT2D eigenvalue weighted by Gasteiger charge is 2.38. The minimum absolute atomic E-state index is 0.178. The van der Waals surface area contributed by atoms with Crippen molar-refractivity contribution in [2.24, 2.45) is 10.9 Å². The van der Waals surface area contributed by atoms with E-state index < -0.39 is 12.1 Å². The summed E-state index contributed by atoms with van der Waals surface area (Å²) < 4.78 is 41.9. The van der Waals surface area contributed by atoms with Gasteiger partial charge in [0, 0.05) is 23.4 Å². The third kappa shape index (κ3) is 4.30. The van der Waals surface area contributed by atoms with E-state index in [1.807, 2.05) is 0 Å². The lowest BCUT2D eigenvalue weighted by atomic mass is 10.1. The van der Waals surface area contributed by atoms with Crippen molar-refractivity contribution < 1.29 is 22.5 Å². The van der Waals surface area contributed by atoms with Gasteiger partial charge in [-0.15, -0.1) is 0 Å². The van der Waals surface area contributed by atoms with Crippen molar-refractivity contribution in [1.82, 2.24) is 15.0 Å². The first kappa shape index (κ1) is 18.8. The first-order valence-corrected chi connectivity index (χ1v) is 9.25. The topological polar surface area (TPSA) is 71.6 Å². The van der Waals surface area contributed by atoms with Crippen LogP contribution >= 0.6 is 0 Å². The highest BCUT2D eigenvalue weighted by Crippen LogP contribution is 2.32. The summed E-state index contributed by atoms with van der Waals surface area (Å²) in [7, 11) is 0. The summed E-state index contributed by atoms with van der Waals surface area (Å²) in [5.41, 5.74) is 1.64. The fourth-order valence-electron chi connectivity index (χ4n) is 3.25. The molecule has 2 heterocycles. The van der Waals surface area contributed by atoms with Crippen LogP contribution in [0.2, 0.25) is 0 Å². The maximum atomic E-state index is 12.6. The molecule has 0 spiro atoms. The van der Waals surface area contributed by atoms with Gasteiger partial charge in [-0.3, -0.25) is 9.69 Å². The third-order valence-electron chi connectivity index (χ3n) is 4.94. The molecule has 1 saturated carbocycles. The van der Waals surface area contributed by atoms with Crippen LogP contribution in [0.25, 0.3) is 11.4 Å². The second-order valence-corrected chi connectivity index (χ2v) is 7.16. The van der Waals surface area contributed by atoms with Crippen LogP contribution in [-0.4, -0.2) is 46.3 Å². The number of hydrogen-bond acceptors (Lipinski definition) is 5. The molecule has 1 saturated heterocycles. The smallest absolute Gasteiger partial charge is 0.329 e. The minimum atomic E-state index is -4.69. The molecule has 1 aromatic heterocycles. The molecule has 2 fully saturated rings. The second-order valence-electron chi connectivity index (χ2n) is 7.16. The molecule has 1 amide bonds. The Morgan fingerprint density at radius 3 is 2.43 bits per heavy atom. The number of hydrogen-bond donors (Lipinski definition) is 0. The van der Waals surface area contributed by atoms with E-state index in [1.54, 1.807) is 0 Å². The molecule has 1 aromatic carbocycles. The number of likely N-dealkylation sites (tertiary alicyclic amines) is 1. The molecular weight excluding hydrogens is 373 g/mol. The first-order valence-electron chi connectivity index (χ1n) is 9.25. The highest BCUT2D eigenvalue weighted by molar-refractivity contribution is 6.06. The molecular formula is C19H19F3N4O2. The van der Waals surface area contributed by atoms with Gasteiger partial charge in [0.1, 0.15) is 0 Å². The molecule has 6 nitrogen and oxygen atoms in total. The maximum absolute atomic E-state index is 12.6. The number of carbonyl (C=O) groups excluding carboxylic acids is 1. The van der Waals surface area contributed by atoms with E-state index in [4.69, 9.17) is 0 Å². The molecule has 0 atom stereocenters. The van der Waals surface area contributed by atoms with Crippen molar-refractivity contribution in [1.29, 1.82) is 0 Å². The van der Waals surface area contributed by atoms with Crippen LogP contribution < -0.4 is 0 Å². The van der Waals surface area contributed by atoms with Crippen LogP contribution in [0.3, 0.4) is 0 Å². The number of carbonyl (C=O) groups is 1. The van der Waals surface area contributed by atoms with Gasteiger partial charge < -0.3 is 4.52 Å². The number of rotatable bonds is 5. The molecule has 2 aromatic rings. The van der Waals surface area contributed by atoms with Crippen LogP contribution in [0.15, 0.2) is 33.8 Å². The average molecular weight is 392 g/mol. The van der Waals surface area contributed by atoms with Crippen molar-refractivity contribution >= 4 is 11.6 Å². The summed E-state index contributed by atoms with van der Waals surface area (Å²) in [5, 5.41) is 3.34. The Kier molecular flexibility index (Phi) is 5.01. The summed E-state index contributed by atoms with van der Waals surface area (Å²) in [6.45, 7) is 2.82. The number of aliphatic imine (C=N–C) groups is 1. The molecule has 2 aliphatic rings. The van der Waals surface area contributed by atoms with Gasteiger partial charge in [0.05, 0.1) is 0 Å². The van der Waals surface area contributed by atoms with E-state index in [0.29, 0.717) is 17.0 Å². The van der Waals surface area contributed by atoms with Crippen LogP contribution in [0.4, 0.5) is 13.2 Å². The number of alkyl halides is 3. The molecule has 28 heavy (non-hydrogen) atoms. The summed E-state index contributed by atoms with van der Waals surface area (Å²) in [6.07, 6.45) is -0.195. The number of nitrogens with zero attached hydrogens (tertiary/aromatic N) is 4. The fraction of sp³-hybridized carbons (Fsp3) is 0.474. The van der Waals surface area contributed by atoms with E-state index in [9.17, 15) is 18.0 Å². The summed E-state index contributed by atoms with van der Waals surface area (Å²) >= 11 is 0. The van der Waals surface area contributed by atoms with E-state index in [2.05, 4.69) is 24.6 Å². The molecule has 4 rings (SSSR count). The molecule has 1 aliphatic carbocycles. The Bertz CT molecular complexity index is 879. The lowest BCUT2D eigenvalue weighted by molar-refractivity contribution is -0.159. The second kappa shape index (κ2) is 7.46. The quantitative estimate of drug-likeness (QED) is 0.723. The van der Waals surface area contributed by atoms with Gasteiger partial charge in [0.2, 0.25) is 5.82 Å². The lowest BCUT2D eigenvalue weighted by Gasteiger charge is -2.15. The third-order valence-corrected chi connectivity index (χ3v) is 4.94. The Morgan fingerprint density at radius 2 is 1.86 bits per heavy atom. The number of benzene rings is 1. The Balaban J connectivity index is 1.48. The SMILES string of the molecule is O=C(N=C(CN1CCCC1)C1CC1)c1ccc(-c2noc(C(F)(F)F)n2)cc1. The van der Waals surface area contributed by atoms with Gasteiger partial charge in [-0.2, -0.15) is 18.2 Å². The van der Waals surface area contributed by atoms with Gasteiger partial charge in [-0.1, -0.05) is 17.3 Å². The minimum Gasteiger partial charge on any atom is -0.329 e. The fourth-order valence-corrected chi connectivity index (χ4v) is 3.25. The van der Waals surface area contributed by atoms with Crippen LogP contribution in [-0.2, 0) is 6.18 Å². The molecule has 148 valence electrons. The van der Waals surface area contributed by atoms with Crippen LogP contribution in [0, 0.1) is 5.92 Å². The highest BCUT2D eigenvalue weighted by atomic mass is 19.4.